The lowest BCUT2D eigenvalue weighted by Crippen LogP contribution is -2.50. The maximum atomic E-state index is 12.5. The van der Waals surface area contributed by atoms with Gasteiger partial charge in [0.05, 0.1) is 6.61 Å². The highest BCUT2D eigenvalue weighted by Crippen LogP contribution is 2.24. The predicted octanol–water partition coefficient (Wildman–Crippen LogP) is 2.01. The second-order valence-corrected chi connectivity index (χ2v) is 8.29. The Balaban J connectivity index is 1.73. The highest BCUT2D eigenvalue weighted by molar-refractivity contribution is 5.82. The zero-order valence-electron chi connectivity index (χ0n) is 16.5. The Morgan fingerprint density at radius 2 is 1.50 bits per heavy atom. The number of rotatable bonds is 3. The molecule has 0 bridgehead atoms. The van der Waals surface area contributed by atoms with Gasteiger partial charge >= 0.3 is 6.09 Å². The Bertz CT molecular complexity index is 513. The Kier molecular flexibility index (Phi) is 6.89. The van der Waals surface area contributed by atoms with Crippen LogP contribution in [0.15, 0.2) is 0 Å². The molecular weight excluding hydrogens is 334 g/mol. The van der Waals surface area contributed by atoms with Gasteiger partial charge in [-0.1, -0.05) is 20.8 Å². The van der Waals surface area contributed by atoms with Crippen molar-refractivity contribution in [2.45, 2.75) is 59.4 Å². The van der Waals surface area contributed by atoms with E-state index in [1.165, 1.54) is 0 Å². The van der Waals surface area contributed by atoms with Crippen molar-refractivity contribution in [3.8, 4) is 0 Å². The quantitative estimate of drug-likeness (QED) is 0.828. The van der Waals surface area contributed by atoms with Gasteiger partial charge in [0.15, 0.2) is 0 Å². The third-order valence-corrected chi connectivity index (χ3v) is 5.16. The normalized spacial score (nSPS) is 20.0. The minimum absolute atomic E-state index is 0.0258. The van der Waals surface area contributed by atoms with Gasteiger partial charge in [-0.25, -0.2) is 4.79 Å². The molecule has 0 aliphatic carbocycles. The summed E-state index contributed by atoms with van der Waals surface area (Å²) >= 11 is 0. The van der Waals surface area contributed by atoms with E-state index in [9.17, 15) is 14.4 Å². The molecule has 1 N–H and O–H groups in total. The van der Waals surface area contributed by atoms with Crippen molar-refractivity contribution in [2.24, 2.45) is 11.3 Å². The van der Waals surface area contributed by atoms with E-state index in [2.05, 4.69) is 5.32 Å². The number of piperidine rings is 2. The summed E-state index contributed by atoms with van der Waals surface area (Å²) in [6.45, 7) is 10.5. The Morgan fingerprint density at radius 1 is 0.962 bits per heavy atom. The van der Waals surface area contributed by atoms with E-state index >= 15 is 0 Å². The summed E-state index contributed by atoms with van der Waals surface area (Å²) in [5.74, 6) is 0.215. The fourth-order valence-electron chi connectivity index (χ4n) is 3.56. The van der Waals surface area contributed by atoms with Crippen molar-refractivity contribution in [3.05, 3.63) is 0 Å². The highest BCUT2D eigenvalue weighted by Gasteiger charge is 2.33. The van der Waals surface area contributed by atoms with Gasteiger partial charge in [-0.2, -0.15) is 0 Å². The standard InChI is InChI=1S/C19H33N3O4/c1-5-26-18(25)22-12-8-15(9-13-22)20-16(23)14-6-10-21(11-7-14)17(24)19(2,3)4/h14-15H,5-13H2,1-4H3,(H,20,23). The molecule has 7 nitrogen and oxygen atoms in total. The average molecular weight is 367 g/mol. The Labute approximate surface area is 156 Å². The highest BCUT2D eigenvalue weighted by atomic mass is 16.6. The monoisotopic (exact) mass is 367 g/mol. The lowest BCUT2D eigenvalue weighted by atomic mass is 9.90. The van der Waals surface area contributed by atoms with E-state index in [1.807, 2.05) is 25.7 Å². The van der Waals surface area contributed by atoms with E-state index in [-0.39, 0.29) is 35.3 Å². The third-order valence-electron chi connectivity index (χ3n) is 5.16. The van der Waals surface area contributed by atoms with Gasteiger partial charge in [-0.15, -0.1) is 0 Å². The Morgan fingerprint density at radius 3 is 2.00 bits per heavy atom. The van der Waals surface area contributed by atoms with Crippen molar-refractivity contribution < 1.29 is 19.1 Å². The smallest absolute Gasteiger partial charge is 0.409 e. The fourth-order valence-corrected chi connectivity index (χ4v) is 3.56. The van der Waals surface area contributed by atoms with Crippen molar-refractivity contribution >= 4 is 17.9 Å². The molecule has 0 aromatic carbocycles. The zero-order chi connectivity index (χ0) is 19.3. The summed E-state index contributed by atoms with van der Waals surface area (Å²) in [5, 5.41) is 3.13. The first-order chi connectivity index (χ1) is 12.2. The van der Waals surface area contributed by atoms with E-state index in [1.54, 1.807) is 11.8 Å². The summed E-state index contributed by atoms with van der Waals surface area (Å²) < 4.78 is 5.01. The first-order valence-corrected chi connectivity index (χ1v) is 9.73. The van der Waals surface area contributed by atoms with Crippen LogP contribution in [-0.4, -0.2) is 66.5 Å². The maximum Gasteiger partial charge on any atom is 0.409 e. The molecule has 3 amide bonds. The minimum atomic E-state index is -0.373. The summed E-state index contributed by atoms with van der Waals surface area (Å²) in [7, 11) is 0. The molecule has 0 aromatic rings. The molecule has 7 heteroatoms. The van der Waals surface area contributed by atoms with Crippen LogP contribution in [0.2, 0.25) is 0 Å². The zero-order valence-corrected chi connectivity index (χ0v) is 16.5. The molecule has 0 saturated carbocycles. The molecule has 148 valence electrons. The van der Waals surface area contributed by atoms with Crippen LogP contribution in [0.3, 0.4) is 0 Å². The van der Waals surface area contributed by atoms with Gasteiger partial charge in [0.25, 0.3) is 0 Å². The van der Waals surface area contributed by atoms with E-state index in [0.717, 1.165) is 25.7 Å². The predicted molar refractivity (Wildman–Crippen MR) is 98.5 cm³/mol. The number of amides is 3. The molecule has 2 aliphatic heterocycles. The number of carbonyl (C=O) groups is 3. The SMILES string of the molecule is CCOC(=O)N1CCC(NC(=O)C2CCN(C(=O)C(C)(C)C)CC2)CC1. The summed E-state index contributed by atoms with van der Waals surface area (Å²) in [6, 6.07) is 0.113. The van der Waals surface area contributed by atoms with Gasteiger partial charge < -0.3 is 19.9 Å². The van der Waals surface area contributed by atoms with E-state index in [0.29, 0.717) is 32.8 Å². The number of hydrogen-bond donors (Lipinski definition) is 1. The number of hydrogen-bond acceptors (Lipinski definition) is 4. The van der Waals surface area contributed by atoms with Crippen LogP contribution in [-0.2, 0) is 14.3 Å². The van der Waals surface area contributed by atoms with Crippen LogP contribution in [0.5, 0.6) is 0 Å². The lowest BCUT2D eigenvalue weighted by molar-refractivity contribution is -0.142. The average Bonchev–Trinajstić information content (AvgIpc) is 2.61. The van der Waals surface area contributed by atoms with Crippen LogP contribution in [0.4, 0.5) is 4.79 Å². The van der Waals surface area contributed by atoms with Crippen molar-refractivity contribution in [1.82, 2.24) is 15.1 Å². The molecule has 0 aromatic heterocycles. The van der Waals surface area contributed by atoms with Gasteiger partial charge in [-0.3, -0.25) is 9.59 Å². The molecule has 2 fully saturated rings. The molecule has 2 saturated heterocycles. The van der Waals surface area contributed by atoms with Crippen molar-refractivity contribution in [2.75, 3.05) is 32.8 Å². The summed E-state index contributed by atoms with van der Waals surface area (Å²) in [4.78, 5) is 40.2. The molecule has 0 unspecified atom stereocenters. The second kappa shape index (κ2) is 8.73. The molecular formula is C19H33N3O4. The minimum Gasteiger partial charge on any atom is -0.450 e. The Hall–Kier alpha value is -1.79. The first kappa shape index (κ1) is 20.5. The van der Waals surface area contributed by atoms with Crippen LogP contribution >= 0.6 is 0 Å². The molecule has 0 radical (unpaired) electrons. The van der Waals surface area contributed by atoms with Crippen molar-refractivity contribution in [3.63, 3.8) is 0 Å². The van der Waals surface area contributed by atoms with Crippen LogP contribution in [0, 0.1) is 11.3 Å². The third kappa shape index (κ3) is 5.35. The fraction of sp³-hybridized carbons (Fsp3) is 0.842. The largest absolute Gasteiger partial charge is 0.450 e. The summed E-state index contributed by atoms with van der Waals surface area (Å²) in [6.07, 6.45) is 2.68. The van der Waals surface area contributed by atoms with Gasteiger partial charge in [0.1, 0.15) is 0 Å². The lowest BCUT2D eigenvalue weighted by Gasteiger charge is -2.36. The number of nitrogens with zero attached hydrogens (tertiary/aromatic N) is 2. The van der Waals surface area contributed by atoms with Crippen LogP contribution < -0.4 is 5.32 Å². The number of carbonyl (C=O) groups excluding carboxylic acids is 3. The molecule has 0 atom stereocenters. The van der Waals surface area contributed by atoms with Crippen LogP contribution in [0.1, 0.15) is 53.4 Å². The van der Waals surface area contributed by atoms with E-state index in [4.69, 9.17) is 4.74 Å². The van der Waals surface area contributed by atoms with E-state index < -0.39 is 0 Å². The number of ether oxygens (including phenoxy) is 1. The van der Waals surface area contributed by atoms with Crippen LogP contribution in [0.25, 0.3) is 0 Å². The van der Waals surface area contributed by atoms with Gasteiger partial charge in [0, 0.05) is 43.6 Å². The summed E-state index contributed by atoms with van der Waals surface area (Å²) in [5.41, 5.74) is -0.373. The second-order valence-electron chi connectivity index (χ2n) is 8.29. The number of likely N-dealkylation sites (tertiary alicyclic amines) is 2. The van der Waals surface area contributed by atoms with Crippen molar-refractivity contribution in [1.29, 1.82) is 0 Å². The molecule has 26 heavy (non-hydrogen) atoms. The van der Waals surface area contributed by atoms with Gasteiger partial charge in [-0.05, 0) is 32.6 Å². The van der Waals surface area contributed by atoms with Gasteiger partial charge in [0.2, 0.25) is 11.8 Å². The molecule has 0 spiro atoms. The molecule has 2 heterocycles. The molecule has 2 rings (SSSR count). The topological polar surface area (TPSA) is 79.0 Å². The molecule has 2 aliphatic rings. The first-order valence-electron chi connectivity index (χ1n) is 9.73. The number of nitrogens with one attached hydrogen (secondary N) is 1. The maximum absolute atomic E-state index is 12.5.